The van der Waals surface area contributed by atoms with Gasteiger partial charge in [0.05, 0.1) is 24.1 Å². The Balaban J connectivity index is 1.67. The summed E-state index contributed by atoms with van der Waals surface area (Å²) in [5.41, 5.74) is 0.437. The minimum Gasteiger partial charge on any atom is -0.465 e. The predicted molar refractivity (Wildman–Crippen MR) is 104 cm³/mol. The molecule has 156 valence electrons. The van der Waals surface area contributed by atoms with Crippen molar-refractivity contribution in [2.24, 2.45) is 4.40 Å². The molecule has 0 spiro atoms. The minimum absolute atomic E-state index is 0.000879. The maximum Gasteiger partial charge on any atom is 0.344 e. The number of rotatable bonds is 4. The molecule has 0 aromatic heterocycles. The highest BCUT2D eigenvalue weighted by Crippen LogP contribution is 2.21. The maximum atomic E-state index is 13.9. The second-order valence-corrected chi connectivity index (χ2v) is 8.10. The van der Waals surface area contributed by atoms with Crippen LogP contribution in [-0.4, -0.2) is 75.0 Å². The van der Waals surface area contributed by atoms with Gasteiger partial charge in [-0.3, -0.25) is 4.79 Å². The number of hydrogen-bond donors (Lipinski definition) is 0. The molecule has 0 N–H and O–H groups in total. The second kappa shape index (κ2) is 8.19. The van der Waals surface area contributed by atoms with Gasteiger partial charge in [0.1, 0.15) is 12.4 Å². The first-order valence-electron chi connectivity index (χ1n) is 8.89. The minimum atomic E-state index is -4.11. The van der Waals surface area contributed by atoms with Gasteiger partial charge in [-0.15, -0.1) is 4.40 Å². The van der Waals surface area contributed by atoms with E-state index in [4.69, 9.17) is 0 Å². The zero-order chi connectivity index (χ0) is 21.2. The van der Waals surface area contributed by atoms with Crippen molar-refractivity contribution in [2.45, 2.75) is 6.92 Å². The summed E-state index contributed by atoms with van der Waals surface area (Å²) >= 11 is 0. The van der Waals surface area contributed by atoms with Crippen LogP contribution in [0.1, 0.15) is 6.92 Å². The summed E-state index contributed by atoms with van der Waals surface area (Å²) in [6.07, 6.45) is 1.07. The summed E-state index contributed by atoms with van der Waals surface area (Å²) in [6.45, 7) is 2.36. The third kappa shape index (κ3) is 4.39. The second-order valence-electron chi connectivity index (χ2n) is 6.55. The van der Waals surface area contributed by atoms with E-state index in [1.54, 1.807) is 18.2 Å². The van der Waals surface area contributed by atoms with Gasteiger partial charge in [0, 0.05) is 32.4 Å². The van der Waals surface area contributed by atoms with Crippen molar-refractivity contribution in [3.63, 3.8) is 0 Å². The van der Waals surface area contributed by atoms with Gasteiger partial charge in [0.2, 0.25) is 5.91 Å². The Labute approximate surface area is 168 Å². The van der Waals surface area contributed by atoms with Gasteiger partial charge in [-0.05, 0) is 19.1 Å². The molecule has 11 heteroatoms. The number of esters is 1. The molecule has 2 aliphatic heterocycles. The first kappa shape index (κ1) is 20.8. The number of halogens is 1. The first-order valence-corrected chi connectivity index (χ1v) is 10.3. The molecule has 1 aromatic rings. The molecule has 29 heavy (non-hydrogen) atoms. The summed E-state index contributed by atoms with van der Waals surface area (Å²) in [4.78, 5) is 27.8. The molecular weight excluding hydrogens is 403 g/mol. The van der Waals surface area contributed by atoms with Crippen LogP contribution in [0.2, 0.25) is 0 Å². The van der Waals surface area contributed by atoms with E-state index >= 15 is 0 Å². The number of ether oxygens (including phenoxy) is 1. The fraction of sp³-hybridized carbons (Fsp3) is 0.389. The molecule has 1 aromatic carbocycles. The Morgan fingerprint density at radius 3 is 2.45 bits per heavy atom. The smallest absolute Gasteiger partial charge is 0.344 e. The topological polar surface area (TPSA) is 99.6 Å². The highest BCUT2D eigenvalue weighted by Gasteiger charge is 2.32. The van der Waals surface area contributed by atoms with Gasteiger partial charge in [0.15, 0.2) is 0 Å². The summed E-state index contributed by atoms with van der Waals surface area (Å²) in [5.74, 6) is -1.51. The van der Waals surface area contributed by atoms with Crippen molar-refractivity contribution in [3.05, 3.63) is 41.9 Å². The number of nitrogens with zero attached hydrogens (tertiary/aromatic N) is 4. The molecule has 9 nitrogen and oxygen atoms in total. The highest BCUT2D eigenvalue weighted by atomic mass is 32.2. The average molecular weight is 424 g/mol. The standard InChI is InChI=1S/C18H21FN4O5S/c1-13-14(18(25)28-2)11-23(29(26,27)20-13)12-17(24)22-9-7-21(8-10-22)16-6-4-3-5-15(16)19/h3-6,11H,7-10,12H2,1-2H3. The van der Waals surface area contributed by atoms with E-state index in [2.05, 4.69) is 9.13 Å². The number of anilines is 1. The lowest BCUT2D eigenvalue weighted by Crippen LogP contribution is -2.51. The van der Waals surface area contributed by atoms with Crippen LogP contribution in [0, 0.1) is 5.82 Å². The molecule has 0 aliphatic carbocycles. The van der Waals surface area contributed by atoms with Crippen molar-refractivity contribution in [2.75, 3.05) is 44.7 Å². The molecule has 2 heterocycles. The van der Waals surface area contributed by atoms with E-state index in [1.807, 2.05) is 4.90 Å². The molecule has 1 amide bonds. The third-order valence-electron chi connectivity index (χ3n) is 4.73. The largest absolute Gasteiger partial charge is 0.465 e. The molecule has 0 unspecified atom stereocenters. The predicted octanol–water partition coefficient (Wildman–Crippen LogP) is 0.552. The molecule has 0 atom stereocenters. The van der Waals surface area contributed by atoms with Gasteiger partial charge in [0.25, 0.3) is 0 Å². The van der Waals surface area contributed by atoms with Crippen LogP contribution in [0.5, 0.6) is 0 Å². The van der Waals surface area contributed by atoms with Gasteiger partial charge >= 0.3 is 16.2 Å². The van der Waals surface area contributed by atoms with Crippen molar-refractivity contribution >= 4 is 33.5 Å². The van der Waals surface area contributed by atoms with Crippen LogP contribution in [0.15, 0.2) is 40.4 Å². The number of methoxy groups -OCH3 is 1. The van der Waals surface area contributed by atoms with Crippen LogP contribution in [-0.2, 0) is 24.5 Å². The molecule has 3 rings (SSSR count). The Morgan fingerprint density at radius 2 is 1.83 bits per heavy atom. The zero-order valence-electron chi connectivity index (χ0n) is 16.0. The molecule has 0 bridgehead atoms. The van der Waals surface area contributed by atoms with E-state index in [9.17, 15) is 22.4 Å². The Bertz CT molecular complexity index is 984. The third-order valence-corrected chi connectivity index (χ3v) is 6.07. The molecule has 1 saturated heterocycles. The van der Waals surface area contributed by atoms with E-state index in [1.165, 1.54) is 25.0 Å². The monoisotopic (exact) mass is 424 g/mol. The van der Waals surface area contributed by atoms with Crippen LogP contribution >= 0.6 is 0 Å². The van der Waals surface area contributed by atoms with E-state index in [0.717, 1.165) is 10.5 Å². The van der Waals surface area contributed by atoms with Crippen LogP contribution < -0.4 is 4.90 Å². The quantitative estimate of drug-likeness (QED) is 0.655. The molecule has 0 radical (unpaired) electrons. The Hall–Kier alpha value is -2.95. The first-order chi connectivity index (χ1) is 13.7. The van der Waals surface area contributed by atoms with E-state index in [0.29, 0.717) is 31.9 Å². The van der Waals surface area contributed by atoms with Crippen molar-refractivity contribution in [1.29, 1.82) is 0 Å². The van der Waals surface area contributed by atoms with Crippen LogP contribution in [0.3, 0.4) is 0 Å². The summed E-state index contributed by atoms with van der Waals surface area (Å²) in [7, 11) is -2.94. The lowest BCUT2D eigenvalue weighted by atomic mass is 10.2. The summed E-state index contributed by atoms with van der Waals surface area (Å²) in [6, 6.07) is 6.40. The van der Waals surface area contributed by atoms with Gasteiger partial charge in [-0.25, -0.2) is 13.5 Å². The number of carbonyl (C=O) groups excluding carboxylic acids is 2. The van der Waals surface area contributed by atoms with Crippen molar-refractivity contribution < 1.29 is 27.1 Å². The normalized spacial score (nSPS) is 18.8. The molecule has 2 aliphatic rings. The summed E-state index contributed by atoms with van der Waals surface area (Å²) in [5, 5.41) is 0. The number of carbonyl (C=O) groups is 2. The van der Waals surface area contributed by atoms with Gasteiger partial charge < -0.3 is 14.5 Å². The van der Waals surface area contributed by atoms with Gasteiger partial charge in [-0.1, -0.05) is 12.1 Å². The fourth-order valence-electron chi connectivity index (χ4n) is 3.15. The molecule has 0 saturated carbocycles. The zero-order valence-corrected chi connectivity index (χ0v) is 16.9. The number of para-hydroxylation sites is 1. The van der Waals surface area contributed by atoms with Crippen molar-refractivity contribution in [3.8, 4) is 0 Å². The maximum absolute atomic E-state index is 13.9. The Kier molecular flexibility index (Phi) is 5.87. The van der Waals surface area contributed by atoms with Crippen LogP contribution in [0.4, 0.5) is 10.1 Å². The van der Waals surface area contributed by atoms with E-state index in [-0.39, 0.29) is 17.1 Å². The SMILES string of the molecule is COC(=O)C1=CN(CC(=O)N2CCN(c3ccccc3F)CC2)S(=O)(=O)N=C1C. The molecular formula is C18H21FN4O5S. The lowest BCUT2D eigenvalue weighted by molar-refractivity contribution is -0.135. The summed E-state index contributed by atoms with van der Waals surface area (Å²) < 4.78 is 47.3. The van der Waals surface area contributed by atoms with Crippen molar-refractivity contribution in [1.82, 2.24) is 9.21 Å². The number of amides is 1. The highest BCUT2D eigenvalue weighted by molar-refractivity contribution is 7.88. The van der Waals surface area contributed by atoms with E-state index < -0.39 is 28.6 Å². The number of piperazine rings is 1. The molecule has 1 fully saturated rings. The number of hydrogen-bond acceptors (Lipinski definition) is 6. The lowest BCUT2D eigenvalue weighted by Gasteiger charge is -2.37. The average Bonchev–Trinajstić information content (AvgIpc) is 2.69. The fourth-order valence-corrected chi connectivity index (χ4v) is 4.22. The van der Waals surface area contributed by atoms with Gasteiger partial charge in [-0.2, -0.15) is 8.42 Å². The Morgan fingerprint density at radius 1 is 1.17 bits per heavy atom. The van der Waals surface area contributed by atoms with Crippen LogP contribution in [0.25, 0.3) is 0 Å². The number of benzene rings is 1.